The number of aldehydes is 1. The molecule has 0 aliphatic rings. The Balaban J connectivity index is 0.000000550. The largest absolute Gasteiger partial charge is 0.457 e. The van der Waals surface area contributed by atoms with Crippen LogP contribution in [0.5, 0.6) is 11.5 Å². The molecule has 0 unspecified atom stereocenters. The minimum absolute atomic E-state index is 0.392. The highest BCUT2D eigenvalue weighted by atomic mass is 35.5. The highest BCUT2D eigenvalue weighted by Crippen LogP contribution is 2.25. The average Bonchev–Trinajstić information content (AvgIpc) is 2.41. The molecule has 0 heterocycles. The lowest BCUT2D eigenvalue weighted by Gasteiger charge is -2.06. The zero-order valence-electron chi connectivity index (χ0n) is 10.8. The van der Waals surface area contributed by atoms with E-state index in [0.717, 1.165) is 5.75 Å². The quantitative estimate of drug-likeness (QED) is 0.789. The van der Waals surface area contributed by atoms with E-state index in [2.05, 4.69) is 4.74 Å². The Hall–Kier alpha value is -1.84. The van der Waals surface area contributed by atoms with Gasteiger partial charge >= 0.3 is 0 Å². The molecule has 0 aliphatic carbocycles. The van der Waals surface area contributed by atoms with Gasteiger partial charge in [-0.2, -0.15) is 0 Å². The molecule has 0 aromatic heterocycles. The molecule has 0 spiro atoms. The number of halogens is 1. The number of benzene rings is 2. The van der Waals surface area contributed by atoms with E-state index in [9.17, 15) is 4.79 Å². The first-order valence-corrected chi connectivity index (χ1v) is 5.96. The second kappa shape index (κ2) is 8.29. The van der Waals surface area contributed by atoms with Crippen LogP contribution < -0.4 is 4.74 Å². The number of rotatable bonds is 3. The van der Waals surface area contributed by atoms with Gasteiger partial charge in [0.2, 0.25) is 0 Å². The van der Waals surface area contributed by atoms with Crippen LogP contribution in [0.25, 0.3) is 0 Å². The van der Waals surface area contributed by atoms with Crippen LogP contribution in [0.15, 0.2) is 48.5 Å². The Kier molecular flexibility index (Phi) is 6.64. The molecular formula is C15H15ClO3. The summed E-state index contributed by atoms with van der Waals surface area (Å²) in [4.78, 5) is 10.6. The molecule has 0 saturated heterocycles. The Morgan fingerprint density at radius 1 is 1.00 bits per heavy atom. The fraction of sp³-hybridized carbons (Fsp3) is 0.133. The molecule has 0 bridgehead atoms. The summed E-state index contributed by atoms with van der Waals surface area (Å²) in [5.74, 6) is 1.35. The van der Waals surface area contributed by atoms with Crippen LogP contribution in [0.4, 0.5) is 0 Å². The van der Waals surface area contributed by atoms with Crippen LogP contribution in [0, 0.1) is 0 Å². The summed E-state index contributed by atoms with van der Waals surface area (Å²) >= 11 is 5.88. The number of carbonyl (C=O) groups is 1. The summed E-state index contributed by atoms with van der Waals surface area (Å²) in [6.07, 6.45) is 0.717. The summed E-state index contributed by atoms with van der Waals surface area (Å²) in [5, 5.41) is 0.392. The van der Waals surface area contributed by atoms with Crippen molar-refractivity contribution in [3.05, 3.63) is 59.1 Å². The van der Waals surface area contributed by atoms with Gasteiger partial charge in [0.25, 0.3) is 0 Å². The number of ether oxygens (including phenoxy) is 2. The normalized spacial score (nSPS) is 9.21. The first-order valence-electron chi connectivity index (χ1n) is 5.59. The van der Waals surface area contributed by atoms with Gasteiger partial charge in [0.05, 0.1) is 5.02 Å². The van der Waals surface area contributed by atoms with Gasteiger partial charge in [-0.1, -0.05) is 29.8 Å². The maximum atomic E-state index is 10.6. The van der Waals surface area contributed by atoms with Crippen molar-refractivity contribution in [2.75, 3.05) is 14.2 Å². The molecule has 0 radical (unpaired) electrons. The first kappa shape index (κ1) is 15.2. The summed E-state index contributed by atoms with van der Waals surface area (Å²) in [6, 6.07) is 14.3. The summed E-state index contributed by atoms with van der Waals surface area (Å²) in [7, 11) is 3.25. The van der Waals surface area contributed by atoms with Crippen LogP contribution in [-0.2, 0) is 4.74 Å². The third-order valence-corrected chi connectivity index (χ3v) is 2.41. The van der Waals surface area contributed by atoms with Gasteiger partial charge in [0.15, 0.2) is 6.29 Å². The number of hydrogen-bond donors (Lipinski definition) is 0. The fourth-order valence-electron chi connectivity index (χ4n) is 1.29. The van der Waals surface area contributed by atoms with Crippen molar-refractivity contribution in [1.29, 1.82) is 0 Å². The monoisotopic (exact) mass is 278 g/mol. The molecule has 0 fully saturated rings. The number of para-hydroxylation sites is 1. The van der Waals surface area contributed by atoms with E-state index < -0.39 is 0 Å². The fourth-order valence-corrected chi connectivity index (χ4v) is 1.51. The lowest BCUT2D eigenvalue weighted by Crippen LogP contribution is -1.86. The molecule has 0 N–H and O–H groups in total. The van der Waals surface area contributed by atoms with Crippen molar-refractivity contribution in [3.63, 3.8) is 0 Å². The van der Waals surface area contributed by atoms with E-state index in [4.69, 9.17) is 16.3 Å². The SMILES string of the molecule is COC.O=Cc1ccc(Oc2ccccc2)cc1Cl. The third kappa shape index (κ3) is 5.12. The van der Waals surface area contributed by atoms with Crippen LogP contribution in [0.3, 0.4) is 0 Å². The molecular weight excluding hydrogens is 264 g/mol. The summed E-state index contributed by atoms with van der Waals surface area (Å²) in [5.41, 5.74) is 0.460. The minimum Gasteiger partial charge on any atom is -0.457 e. The third-order valence-electron chi connectivity index (χ3n) is 2.08. The van der Waals surface area contributed by atoms with Gasteiger partial charge in [-0.05, 0) is 24.3 Å². The maximum Gasteiger partial charge on any atom is 0.151 e. The van der Waals surface area contributed by atoms with E-state index in [1.807, 2.05) is 30.3 Å². The molecule has 3 nitrogen and oxygen atoms in total. The molecule has 2 aromatic rings. The van der Waals surface area contributed by atoms with Crippen molar-refractivity contribution < 1.29 is 14.3 Å². The van der Waals surface area contributed by atoms with Gasteiger partial charge in [0.1, 0.15) is 11.5 Å². The second-order valence-corrected chi connectivity index (χ2v) is 4.03. The number of carbonyl (C=O) groups excluding carboxylic acids is 1. The lowest BCUT2D eigenvalue weighted by molar-refractivity contribution is 0.112. The van der Waals surface area contributed by atoms with Crippen LogP contribution >= 0.6 is 11.6 Å². The molecule has 100 valence electrons. The van der Waals surface area contributed by atoms with Gasteiger partial charge in [-0.15, -0.1) is 0 Å². The molecule has 4 heteroatoms. The van der Waals surface area contributed by atoms with Crippen LogP contribution in [0.1, 0.15) is 10.4 Å². The molecule has 0 saturated carbocycles. The number of hydrogen-bond acceptors (Lipinski definition) is 3. The Morgan fingerprint density at radius 2 is 1.63 bits per heavy atom. The van der Waals surface area contributed by atoms with Crippen molar-refractivity contribution in [2.45, 2.75) is 0 Å². The highest BCUT2D eigenvalue weighted by molar-refractivity contribution is 6.33. The molecule has 2 aromatic carbocycles. The average molecular weight is 279 g/mol. The van der Waals surface area contributed by atoms with Crippen molar-refractivity contribution in [2.24, 2.45) is 0 Å². The van der Waals surface area contributed by atoms with Crippen LogP contribution in [-0.4, -0.2) is 20.5 Å². The van der Waals surface area contributed by atoms with Gasteiger partial charge in [-0.25, -0.2) is 0 Å². The molecule has 0 amide bonds. The van der Waals surface area contributed by atoms with E-state index in [-0.39, 0.29) is 0 Å². The van der Waals surface area contributed by atoms with E-state index in [1.54, 1.807) is 32.4 Å². The van der Waals surface area contributed by atoms with Crippen LogP contribution in [0.2, 0.25) is 5.02 Å². The molecule has 0 atom stereocenters. The first-order chi connectivity index (χ1) is 9.21. The van der Waals surface area contributed by atoms with E-state index in [1.165, 1.54) is 0 Å². The van der Waals surface area contributed by atoms with E-state index in [0.29, 0.717) is 22.6 Å². The topological polar surface area (TPSA) is 35.5 Å². The standard InChI is InChI=1S/C13H9ClO2.C2H6O/c14-13-8-12(7-6-10(13)9-15)16-11-4-2-1-3-5-11;1-3-2/h1-9H;1-2H3. The van der Waals surface area contributed by atoms with Gasteiger partial charge < -0.3 is 9.47 Å². The zero-order valence-corrected chi connectivity index (χ0v) is 11.6. The van der Waals surface area contributed by atoms with Crippen molar-refractivity contribution >= 4 is 17.9 Å². The summed E-state index contributed by atoms with van der Waals surface area (Å²) in [6.45, 7) is 0. The molecule has 19 heavy (non-hydrogen) atoms. The van der Waals surface area contributed by atoms with Gasteiger partial charge in [0, 0.05) is 25.8 Å². The predicted octanol–water partition coefficient (Wildman–Crippen LogP) is 4.21. The Morgan fingerprint density at radius 3 is 2.16 bits per heavy atom. The molecule has 2 rings (SSSR count). The van der Waals surface area contributed by atoms with Crippen molar-refractivity contribution in [3.8, 4) is 11.5 Å². The second-order valence-electron chi connectivity index (χ2n) is 3.62. The zero-order chi connectivity index (χ0) is 14.1. The predicted molar refractivity (Wildman–Crippen MR) is 76.3 cm³/mol. The summed E-state index contributed by atoms with van der Waals surface area (Å²) < 4.78 is 9.81. The Labute approximate surface area is 117 Å². The highest BCUT2D eigenvalue weighted by Gasteiger charge is 2.02. The Bertz CT molecular complexity index is 512. The van der Waals surface area contributed by atoms with Crippen molar-refractivity contribution in [1.82, 2.24) is 0 Å². The maximum absolute atomic E-state index is 10.6. The minimum atomic E-state index is 0.392. The smallest absolute Gasteiger partial charge is 0.151 e. The van der Waals surface area contributed by atoms with E-state index >= 15 is 0 Å². The molecule has 0 aliphatic heterocycles. The van der Waals surface area contributed by atoms with Gasteiger partial charge in [-0.3, -0.25) is 4.79 Å². The number of methoxy groups -OCH3 is 1. The lowest BCUT2D eigenvalue weighted by atomic mass is 10.2.